The number of nitrogens with two attached hydrogens (primary N) is 1. The van der Waals surface area contributed by atoms with Crippen LogP contribution in [0.25, 0.3) is 0 Å². The molecule has 0 saturated carbocycles. The molecule has 0 aliphatic carbocycles. The Labute approximate surface area is 114 Å². The predicted octanol–water partition coefficient (Wildman–Crippen LogP) is 2.67. The summed E-state index contributed by atoms with van der Waals surface area (Å²) in [7, 11) is 1.80. The van der Waals surface area contributed by atoms with Crippen molar-refractivity contribution < 1.29 is 4.79 Å². The number of amides is 1. The van der Waals surface area contributed by atoms with Crippen LogP contribution < -0.4 is 5.73 Å². The lowest BCUT2D eigenvalue weighted by Gasteiger charge is -2.21. The second kappa shape index (κ2) is 6.76. The lowest BCUT2D eigenvalue weighted by atomic mass is 10.0. The lowest BCUT2D eigenvalue weighted by molar-refractivity contribution is -0.131. The van der Waals surface area contributed by atoms with Crippen molar-refractivity contribution in [3.8, 4) is 0 Å². The first-order chi connectivity index (χ1) is 8.40. The molecule has 1 rings (SSSR count). The summed E-state index contributed by atoms with van der Waals surface area (Å²) < 4.78 is 0. The third kappa shape index (κ3) is 4.67. The van der Waals surface area contributed by atoms with Crippen LogP contribution in [0, 0.1) is 5.92 Å². The maximum absolute atomic E-state index is 11.9. The van der Waals surface area contributed by atoms with Crippen molar-refractivity contribution >= 4 is 17.5 Å². The van der Waals surface area contributed by atoms with Crippen molar-refractivity contribution in [1.29, 1.82) is 0 Å². The zero-order valence-electron chi connectivity index (χ0n) is 11.2. The zero-order chi connectivity index (χ0) is 13.7. The maximum Gasteiger partial charge on any atom is 0.224 e. The molecule has 3 nitrogen and oxygen atoms in total. The van der Waals surface area contributed by atoms with Crippen LogP contribution in [0.4, 0.5) is 0 Å². The number of halogens is 1. The van der Waals surface area contributed by atoms with Gasteiger partial charge in [0.15, 0.2) is 0 Å². The van der Waals surface area contributed by atoms with E-state index in [9.17, 15) is 4.79 Å². The largest absolute Gasteiger partial charge is 0.341 e. The predicted molar refractivity (Wildman–Crippen MR) is 75.4 cm³/mol. The molecule has 1 aromatic carbocycles. The summed E-state index contributed by atoms with van der Waals surface area (Å²) in [6.07, 6.45) is 0.391. The molecule has 1 atom stereocenters. The molecule has 0 radical (unpaired) electrons. The number of carbonyl (C=O) groups is 1. The van der Waals surface area contributed by atoms with Crippen molar-refractivity contribution in [2.24, 2.45) is 11.7 Å². The minimum atomic E-state index is -0.0785. The van der Waals surface area contributed by atoms with Gasteiger partial charge < -0.3 is 10.6 Å². The molecule has 0 spiro atoms. The summed E-state index contributed by atoms with van der Waals surface area (Å²) in [6, 6.07) is 7.43. The van der Waals surface area contributed by atoms with E-state index in [1.54, 1.807) is 11.9 Å². The molecule has 4 heteroatoms. The van der Waals surface area contributed by atoms with Crippen LogP contribution in [0.15, 0.2) is 24.3 Å². The second-order valence-corrected chi connectivity index (χ2v) is 5.42. The van der Waals surface area contributed by atoms with Gasteiger partial charge in [-0.25, -0.2) is 0 Å². The molecule has 0 heterocycles. The van der Waals surface area contributed by atoms with Gasteiger partial charge in [-0.15, -0.1) is 0 Å². The number of rotatable bonds is 5. The summed E-state index contributed by atoms with van der Waals surface area (Å²) in [6.45, 7) is 4.63. The van der Waals surface area contributed by atoms with Gasteiger partial charge in [0, 0.05) is 31.1 Å². The average molecular weight is 269 g/mol. The fourth-order valence-electron chi connectivity index (χ4n) is 1.55. The van der Waals surface area contributed by atoms with E-state index in [1.807, 2.05) is 38.1 Å². The van der Waals surface area contributed by atoms with Gasteiger partial charge in [0.05, 0.1) is 0 Å². The van der Waals surface area contributed by atoms with E-state index in [0.717, 1.165) is 5.56 Å². The Morgan fingerprint density at radius 1 is 1.33 bits per heavy atom. The third-order valence-corrected chi connectivity index (χ3v) is 3.28. The Morgan fingerprint density at radius 2 is 1.89 bits per heavy atom. The number of hydrogen-bond acceptors (Lipinski definition) is 2. The molecule has 1 aromatic rings. The molecule has 0 aliphatic heterocycles. The molecule has 1 amide bonds. The summed E-state index contributed by atoms with van der Waals surface area (Å²) >= 11 is 5.82. The average Bonchev–Trinajstić information content (AvgIpc) is 2.31. The Kier molecular flexibility index (Phi) is 5.63. The fourth-order valence-corrected chi connectivity index (χ4v) is 1.67. The fraction of sp³-hybridized carbons (Fsp3) is 0.500. The van der Waals surface area contributed by atoms with Gasteiger partial charge in [0.2, 0.25) is 5.91 Å². The number of benzene rings is 1. The van der Waals surface area contributed by atoms with E-state index < -0.39 is 0 Å². The minimum absolute atomic E-state index is 0.0751. The minimum Gasteiger partial charge on any atom is -0.341 e. The van der Waals surface area contributed by atoms with E-state index >= 15 is 0 Å². The van der Waals surface area contributed by atoms with Crippen LogP contribution in [0.5, 0.6) is 0 Å². The Hall–Kier alpha value is -1.06. The highest BCUT2D eigenvalue weighted by atomic mass is 35.5. The summed E-state index contributed by atoms with van der Waals surface area (Å²) in [5.74, 6) is 0.393. The summed E-state index contributed by atoms with van der Waals surface area (Å²) in [5, 5.41) is 0.703. The van der Waals surface area contributed by atoms with E-state index in [4.69, 9.17) is 17.3 Å². The van der Waals surface area contributed by atoms with E-state index in [0.29, 0.717) is 23.9 Å². The first-order valence-electron chi connectivity index (χ1n) is 6.14. The van der Waals surface area contributed by atoms with Crippen LogP contribution in [0.1, 0.15) is 25.8 Å². The van der Waals surface area contributed by atoms with Crippen molar-refractivity contribution in [1.82, 2.24) is 4.90 Å². The highest BCUT2D eigenvalue weighted by Gasteiger charge is 2.16. The van der Waals surface area contributed by atoms with Gasteiger partial charge in [-0.1, -0.05) is 37.6 Å². The molecule has 1 unspecified atom stereocenters. The number of nitrogens with zero attached hydrogens (tertiary/aromatic N) is 1. The topological polar surface area (TPSA) is 46.3 Å². The van der Waals surface area contributed by atoms with Gasteiger partial charge >= 0.3 is 0 Å². The molecule has 0 aromatic heterocycles. The van der Waals surface area contributed by atoms with Crippen molar-refractivity contribution in [2.45, 2.75) is 32.9 Å². The van der Waals surface area contributed by atoms with Gasteiger partial charge in [0.1, 0.15) is 0 Å². The van der Waals surface area contributed by atoms with Gasteiger partial charge in [-0.05, 0) is 23.6 Å². The molecular formula is C14H21ClN2O. The van der Waals surface area contributed by atoms with Crippen LogP contribution in [-0.2, 0) is 11.3 Å². The Morgan fingerprint density at radius 3 is 2.39 bits per heavy atom. The van der Waals surface area contributed by atoms with Gasteiger partial charge in [-0.2, -0.15) is 0 Å². The quantitative estimate of drug-likeness (QED) is 0.892. The highest BCUT2D eigenvalue weighted by Crippen LogP contribution is 2.12. The van der Waals surface area contributed by atoms with Gasteiger partial charge in [-0.3, -0.25) is 4.79 Å². The molecule has 2 N–H and O–H groups in total. The van der Waals surface area contributed by atoms with E-state index in [1.165, 1.54) is 0 Å². The first-order valence-corrected chi connectivity index (χ1v) is 6.52. The SMILES string of the molecule is CC(C)C(N)CC(=O)N(C)Cc1ccc(Cl)cc1. The van der Waals surface area contributed by atoms with Crippen molar-refractivity contribution in [3.05, 3.63) is 34.9 Å². The molecular weight excluding hydrogens is 248 g/mol. The van der Waals surface area contributed by atoms with Crippen molar-refractivity contribution in [3.63, 3.8) is 0 Å². The highest BCUT2D eigenvalue weighted by molar-refractivity contribution is 6.30. The van der Waals surface area contributed by atoms with E-state index in [-0.39, 0.29) is 11.9 Å². The van der Waals surface area contributed by atoms with Crippen molar-refractivity contribution in [2.75, 3.05) is 7.05 Å². The summed E-state index contributed by atoms with van der Waals surface area (Å²) in [5.41, 5.74) is 6.97. The second-order valence-electron chi connectivity index (χ2n) is 4.99. The molecule has 0 saturated heterocycles. The zero-order valence-corrected chi connectivity index (χ0v) is 11.9. The van der Waals surface area contributed by atoms with Crippen LogP contribution >= 0.6 is 11.6 Å². The normalized spacial score (nSPS) is 12.6. The Bertz CT molecular complexity index is 389. The molecule has 18 heavy (non-hydrogen) atoms. The number of carbonyl (C=O) groups excluding carboxylic acids is 1. The maximum atomic E-state index is 11.9. The van der Waals surface area contributed by atoms with Gasteiger partial charge in [0.25, 0.3) is 0 Å². The number of hydrogen-bond donors (Lipinski definition) is 1. The smallest absolute Gasteiger partial charge is 0.224 e. The molecule has 100 valence electrons. The standard InChI is InChI=1S/C14H21ClN2O/c1-10(2)13(16)8-14(18)17(3)9-11-4-6-12(15)7-5-11/h4-7,10,13H,8-9,16H2,1-3H3. The first kappa shape index (κ1) is 15.0. The lowest BCUT2D eigenvalue weighted by Crippen LogP contribution is -2.35. The van der Waals surface area contributed by atoms with Crippen LogP contribution in [0.3, 0.4) is 0 Å². The summed E-state index contributed by atoms with van der Waals surface area (Å²) in [4.78, 5) is 13.6. The molecule has 0 bridgehead atoms. The molecule has 0 fully saturated rings. The monoisotopic (exact) mass is 268 g/mol. The third-order valence-electron chi connectivity index (χ3n) is 3.03. The molecule has 0 aliphatic rings. The Balaban J connectivity index is 2.52. The van der Waals surface area contributed by atoms with Crippen LogP contribution in [-0.4, -0.2) is 23.9 Å². The van der Waals surface area contributed by atoms with Crippen LogP contribution in [0.2, 0.25) is 5.02 Å². The van der Waals surface area contributed by atoms with E-state index in [2.05, 4.69) is 0 Å².